The molecule has 0 saturated carbocycles. The summed E-state index contributed by atoms with van der Waals surface area (Å²) in [5.41, 5.74) is 6.01. The summed E-state index contributed by atoms with van der Waals surface area (Å²) in [5.74, 6) is 0.325. The van der Waals surface area contributed by atoms with Crippen molar-refractivity contribution >= 4 is 28.6 Å². The minimum absolute atomic E-state index is 0.126. The van der Waals surface area contributed by atoms with E-state index < -0.39 is 12.1 Å². The number of aromatic nitrogens is 2. The van der Waals surface area contributed by atoms with E-state index in [4.69, 9.17) is 16.6 Å². The van der Waals surface area contributed by atoms with Crippen LogP contribution in [0.3, 0.4) is 0 Å². The molecule has 1 atom stereocenters. The van der Waals surface area contributed by atoms with Crippen LogP contribution in [0.25, 0.3) is 22.0 Å². The Labute approximate surface area is 267 Å². The molecule has 7 nitrogen and oxygen atoms in total. The lowest BCUT2D eigenvalue weighted by Crippen LogP contribution is -2.42. The van der Waals surface area contributed by atoms with Crippen LogP contribution in [0.4, 0.5) is 4.79 Å². The van der Waals surface area contributed by atoms with Gasteiger partial charge in [0.05, 0.1) is 22.0 Å². The van der Waals surface area contributed by atoms with Gasteiger partial charge in [-0.25, -0.2) is 9.78 Å². The minimum atomic E-state index is -1.05. The second-order valence-corrected chi connectivity index (χ2v) is 12.5. The highest BCUT2D eigenvalue weighted by Gasteiger charge is 2.35. The number of nitrogens with zero attached hydrogens (tertiary/aromatic N) is 4. The van der Waals surface area contributed by atoms with Crippen molar-refractivity contribution in [3.63, 3.8) is 0 Å². The van der Waals surface area contributed by atoms with Gasteiger partial charge in [-0.15, -0.1) is 0 Å². The summed E-state index contributed by atoms with van der Waals surface area (Å²) < 4.78 is 1.76. The van der Waals surface area contributed by atoms with Gasteiger partial charge in [-0.05, 0) is 59.7 Å². The first-order valence-electron chi connectivity index (χ1n) is 15.6. The highest BCUT2D eigenvalue weighted by molar-refractivity contribution is 6.35. The molecule has 2 aliphatic rings. The Balaban J connectivity index is 1.25. The van der Waals surface area contributed by atoms with Gasteiger partial charge in [0.25, 0.3) is 5.56 Å². The van der Waals surface area contributed by atoms with E-state index in [1.807, 2.05) is 37.3 Å². The predicted molar refractivity (Wildman–Crippen MR) is 178 cm³/mol. The Morgan fingerprint density at radius 2 is 1.53 bits per heavy atom. The third-order valence-corrected chi connectivity index (χ3v) is 9.82. The number of hydrogen-bond donors (Lipinski definition) is 1. The van der Waals surface area contributed by atoms with Crippen LogP contribution in [0.15, 0.2) is 102 Å². The van der Waals surface area contributed by atoms with Crippen LogP contribution in [0.5, 0.6) is 0 Å². The fourth-order valence-electron chi connectivity index (χ4n) is 7.24. The summed E-state index contributed by atoms with van der Waals surface area (Å²) in [7, 11) is 0. The van der Waals surface area contributed by atoms with Crippen LogP contribution < -0.4 is 5.56 Å². The van der Waals surface area contributed by atoms with Crippen LogP contribution in [-0.4, -0.2) is 50.2 Å². The van der Waals surface area contributed by atoms with Gasteiger partial charge >= 0.3 is 6.09 Å². The van der Waals surface area contributed by atoms with E-state index in [0.29, 0.717) is 21.7 Å². The van der Waals surface area contributed by atoms with Crippen molar-refractivity contribution in [3.8, 4) is 11.1 Å². The molecular formula is C37H35ClN4O3. The number of carboxylic acid groups (broad SMARTS) is 1. The highest BCUT2D eigenvalue weighted by Crippen LogP contribution is 2.45. The molecule has 0 spiro atoms. The first-order chi connectivity index (χ1) is 21.9. The smallest absolute Gasteiger partial charge is 0.407 e. The number of benzene rings is 4. The first kappa shape index (κ1) is 29.3. The molecule has 1 amide bonds. The number of rotatable bonds is 7. The third-order valence-electron chi connectivity index (χ3n) is 9.51. The van der Waals surface area contributed by atoms with Crippen LogP contribution in [-0.2, 0) is 6.54 Å². The van der Waals surface area contributed by atoms with Crippen molar-refractivity contribution in [3.05, 3.63) is 135 Å². The topological polar surface area (TPSA) is 78.7 Å². The van der Waals surface area contributed by atoms with E-state index in [-0.39, 0.29) is 24.1 Å². The van der Waals surface area contributed by atoms with Crippen molar-refractivity contribution in [1.82, 2.24) is 19.4 Å². The number of carbonyl (C=O) groups is 1. The van der Waals surface area contributed by atoms with Crippen LogP contribution in [0, 0.1) is 0 Å². The van der Waals surface area contributed by atoms with Crippen molar-refractivity contribution in [2.24, 2.45) is 0 Å². The van der Waals surface area contributed by atoms with Crippen molar-refractivity contribution in [2.75, 3.05) is 19.6 Å². The van der Waals surface area contributed by atoms with Crippen LogP contribution >= 0.6 is 11.6 Å². The van der Waals surface area contributed by atoms with Crippen molar-refractivity contribution in [1.29, 1.82) is 0 Å². The molecular weight excluding hydrogens is 584 g/mol. The van der Waals surface area contributed by atoms with Crippen molar-refractivity contribution < 1.29 is 9.90 Å². The predicted octanol–water partition coefficient (Wildman–Crippen LogP) is 7.74. The zero-order chi connectivity index (χ0) is 31.1. The molecule has 1 fully saturated rings. The quantitative estimate of drug-likeness (QED) is 0.202. The maximum absolute atomic E-state index is 14.3. The Morgan fingerprint density at radius 1 is 0.911 bits per heavy atom. The molecule has 5 aromatic rings. The van der Waals surface area contributed by atoms with E-state index in [2.05, 4.69) is 53.4 Å². The molecule has 45 heavy (non-hydrogen) atoms. The van der Waals surface area contributed by atoms with Gasteiger partial charge in [-0.3, -0.25) is 19.2 Å². The van der Waals surface area contributed by atoms with Gasteiger partial charge in [0.2, 0.25) is 0 Å². The standard InChI is InChI=1S/C37H35ClN4O3/c1-24(41(37(44)45)23-31-29-14-7-5-12-27(29)28-13-6-8-15-30(28)31)35-39-33-17-9-16-32(38)34(33)36(43)42(35)26-18-20-40(21-19-26)22-25-10-3-2-4-11-25/h2-17,24,26,31H,18-23H2,1H3,(H,44,45)/t24-/m0/s1. The minimum Gasteiger partial charge on any atom is -0.465 e. The maximum Gasteiger partial charge on any atom is 0.407 e. The number of halogens is 1. The molecule has 4 aromatic carbocycles. The molecule has 1 N–H and O–H groups in total. The second kappa shape index (κ2) is 12.1. The molecule has 2 heterocycles. The normalized spacial score (nSPS) is 16.0. The van der Waals surface area contributed by atoms with Gasteiger partial charge in [0.15, 0.2) is 0 Å². The number of amides is 1. The number of likely N-dealkylation sites (tertiary alicyclic amines) is 1. The van der Waals surface area contributed by atoms with Crippen LogP contribution in [0.1, 0.15) is 60.3 Å². The van der Waals surface area contributed by atoms with Crippen LogP contribution in [0.2, 0.25) is 5.02 Å². The van der Waals surface area contributed by atoms with Gasteiger partial charge in [0, 0.05) is 38.1 Å². The molecule has 228 valence electrons. The Bertz CT molecular complexity index is 1890. The Kier molecular flexibility index (Phi) is 7.90. The molecule has 1 saturated heterocycles. The summed E-state index contributed by atoms with van der Waals surface area (Å²) in [4.78, 5) is 36.1. The monoisotopic (exact) mass is 618 g/mol. The van der Waals surface area contributed by atoms with E-state index in [1.165, 1.54) is 10.5 Å². The zero-order valence-corrected chi connectivity index (χ0v) is 25.9. The first-order valence-corrected chi connectivity index (χ1v) is 15.9. The lowest BCUT2D eigenvalue weighted by Gasteiger charge is -2.36. The van der Waals surface area contributed by atoms with E-state index >= 15 is 0 Å². The van der Waals surface area contributed by atoms with Gasteiger partial charge < -0.3 is 5.11 Å². The maximum atomic E-state index is 14.3. The number of hydrogen-bond acceptors (Lipinski definition) is 4. The fraction of sp³-hybridized carbons (Fsp3) is 0.270. The largest absolute Gasteiger partial charge is 0.465 e. The Hall–Kier alpha value is -4.46. The van der Waals surface area contributed by atoms with E-state index in [1.54, 1.807) is 22.8 Å². The summed E-state index contributed by atoms with van der Waals surface area (Å²) >= 11 is 6.57. The highest BCUT2D eigenvalue weighted by atomic mass is 35.5. The molecule has 1 aromatic heterocycles. The molecule has 1 aliphatic heterocycles. The lowest BCUT2D eigenvalue weighted by molar-refractivity contribution is 0.119. The average molecular weight is 619 g/mol. The number of fused-ring (bicyclic) bond motifs is 4. The third kappa shape index (κ3) is 5.40. The summed E-state index contributed by atoms with van der Waals surface area (Å²) in [6.45, 7) is 4.57. The summed E-state index contributed by atoms with van der Waals surface area (Å²) in [6, 6.07) is 31.2. The lowest BCUT2D eigenvalue weighted by atomic mass is 9.95. The SMILES string of the molecule is C[C@@H](c1nc2cccc(Cl)c2c(=O)n1C1CCN(Cc2ccccc2)CC1)N(CC1c2ccccc2-c2ccccc21)C(=O)O. The van der Waals surface area contributed by atoms with Crippen molar-refractivity contribution in [2.45, 2.75) is 44.3 Å². The van der Waals surface area contributed by atoms with E-state index in [9.17, 15) is 14.7 Å². The number of piperidine rings is 1. The molecule has 0 unspecified atom stereocenters. The van der Waals surface area contributed by atoms with Gasteiger partial charge in [-0.2, -0.15) is 0 Å². The zero-order valence-electron chi connectivity index (χ0n) is 25.1. The van der Waals surface area contributed by atoms with Gasteiger partial charge in [-0.1, -0.05) is 96.5 Å². The van der Waals surface area contributed by atoms with E-state index in [0.717, 1.165) is 54.7 Å². The molecule has 1 aliphatic carbocycles. The Morgan fingerprint density at radius 3 is 2.18 bits per heavy atom. The molecule has 7 rings (SSSR count). The molecule has 0 radical (unpaired) electrons. The fourth-order valence-corrected chi connectivity index (χ4v) is 7.49. The summed E-state index contributed by atoms with van der Waals surface area (Å²) in [6.07, 6.45) is 0.454. The molecule has 8 heteroatoms. The van der Waals surface area contributed by atoms with Gasteiger partial charge in [0.1, 0.15) is 5.82 Å². The second-order valence-electron chi connectivity index (χ2n) is 12.1. The average Bonchev–Trinajstić information content (AvgIpc) is 3.37. The molecule has 0 bridgehead atoms. The summed E-state index contributed by atoms with van der Waals surface area (Å²) in [5, 5.41) is 11.4.